The highest BCUT2D eigenvalue weighted by atomic mass is 79.9. The molecule has 1 aromatic heterocycles. The van der Waals surface area contributed by atoms with E-state index in [9.17, 15) is 4.39 Å². The van der Waals surface area contributed by atoms with Gasteiger partial charge in [-0.05, 0) is 37.1 Å². The maximum absolute atomic E-state index is 13.7. The predicted molar refractivity (Wildman–Crippen MR) is 71.1 cm³/mol. The van der Waals surface area contributed by atoms with E-state index in [1.54, 1.807) is 23.0 Å². The Labute approximate surface area is 113 Å². The first-order valence-electron chi connectivity index (χ1n) is 5.96. The second-order valence-corrected chi connectivity index (χ2v) is 5.42. The summed E-state index contributed by atoms with van der Waals surface area (Å²) in [6.07, 6.45) is 4.29. The van der Waals surface area contributed by atoms with Crippen molar-refractivity contribution in [2.75, 3.05) is 0 Å². The Kier molecular flexibility index (Phi) is 3.18. The average Bonchev–Trinajstić information content (AvgIpc) is 3.08. The number of nitrogens with zero attached hydrogens (tertiary/aromatic N) is 2. The quantitative estimate of drug-likeness (QED) is 0.941. The monoisotopic (exact) mass is 309 g/mol. The summed E-state index contributed by atoms with van der Waals surface area (Å²) in [7, 11) is 0. The molecule has 0 atom stereocenters. The maximum Gasteiger partial charge on any atom is 0.148 e. The minimum atomic E-state index is -0.275. The normalized spacial score (nSPS) is 15.0. The van der Waals surface area contributed by atoms with Crippen LogP contribution in [0.15, 0.2) is 34.9 Å². The van der Waals surface area contributed by atoms with Crippen LogP contribution >= 0.6 is 15.9 Å². The summed E-state index contributed by atoms with van der Waals surface area (Å²) in [6, 6.07) is 7.40. The SMILES string of the molecule is Fc1ccc(Br)cc1-n1ccc(CNC2CC2)n1. The van der Waals surface area contributed by atoms with E-state index in [0.29, 0.717) is 11.7 Å². The Morgan fingerprint density at radius 1 is 1.39 bits per heavy atom. The van der Waals surface area contributed by atoms with E-state index in [1.165, 1.54) is 18.9 Å². The minimum Gasteiger partial charge on any atom is -0.308 e. The fourth-order valence-corrected chi connectivity index (χ4v) is 2.14. The van der Waals surface area contributed by atoms with Gasteiger partial charge in [0.15, 0.2) is 0 Å². The summed E-state index contributed by atoms with van der Waals surface area (Å²) in [4.78, 5) is 0. The van der Waals surface area contributed by atoms with Crippen molar-refractivity contribution < 1.29 is 4.39 Å². The number of aromatic nitrogens is 2. The fourth-order valence-electron chi connectivity index (χ4n) is 1.79. The van der Waals surface area contributed by atoms with Crippen LogP contribution in [0.5, 0.6) is 0 Å². The summed E-state index contributed by atoms with van der Waals surface area (Å²) in [5, 5.41) is 7.76. The molecule has 18 heavy (non-hydrogen) atoms. The summed E-state index contributed by atoms with van der Waals surface area (Å²) in [6.45, 7) is 0.743. The average molecular weight is 310 g/mol. The van der Waals surface area contributed by atoms with Gasteiger partial charge in [0.2, 0.25) is 0 Å². The molecular weight excluding hydrogens is 297 g/mol. The van der Waals surface area contributed by atoms with Crippen LogP contribution < -0.4 is 5.32 Å². The van der Waals surface area contributed by atoms with Crippen molar-refractivity contribution in [1.29, 1.82) is 0 Å². The van der Waals surface area contributed by atoms with Gasteiger partial charge in [0.05, 0.1) is 5.69 Å². The predicted octanol–water partition coefficient (Wildman–Crippen LogP) is 3.03. The molecule has 0 amide bonds. The molecule has 1 aromatic carbocycles. The fraction of sp³-hybridized carbons (Fsp3) is 0.308. The molecule has 0 spiro atoms. The van der Waals surface area contributed by atoms with Crippen LogP contribution in [-0.2, 0) is 6.54 Å². The maximum atomic E-state index is 13.7. The van der Waals surface area contributed by atoms with E-state index in [2.05, 4.69) is 26.3 Å². The van der Waals surface area contributed by atoms with E-state index in [-0.39, 0.29) is 5.82 Å². The highest BCUT2D eigenvalue weighted by molar-refractivity contribution is 9.10. The largest absolute Gasteiger partial charge is 0.308 e. The van der Waals surface area contributed by atoms with Gasteiger partial charge < -0.3 is 5.32 Å². The van der Waals surface area contributed by atoms with Crippen molar-refractivity contribution in [1.82, 2.24) is 15.1 Å². The van der Waals surface area contributed by atoms with Crippen molar-refractivity contribution >= 4 is 15.9 Å². The molecule has 1 heterocycles. The first-order chi connectivity index (χ1) is 8.72. The van der Waals surface area contributed by atoms with Crippen LogP contribution in [0, 0.1) is 5.82 Å². The lowest BCUT2D eigenvalue weighted by Gasteiger charge is -2.04. The van der Waals surface area contributed by atoms with Crippen molar-refractivity contribution in [3.05, 3.63) is 46.4 Å². The van der Waals surface area contributed by atoms with Crippen LogP contribution in [-0.4, -0.2) is 15.8 Å². The van der Waals surface area contributed by atoms with Gasteiger partial charge in [-0.2, -0.15) is 5.10 Å². The molecule has 0 unspecified atom stereocenters. The third-order valence-electron chi connectivity index (χ3n) is 2.95. The van der Waals surface area contributed by atoms with Gasteiger partial charge in [0.1, 0.15) is 11.5 Å². The molecule has 3 nitrogen and oxygen atoms in total. The molecule has 1 aliphatic rings. The molecule has 0 aliphatic heterocycles. The van der Waals surface area contributed by atoms with Gasteiger partial charge in [0, 0.05) is 23.3 Å². The Morgan fingerprint density at radius 3 is 3.00 bits per heavy atom. The first-order valence-corrected chi connectivity index (χ1v) is 6.75. The Hall–Kier alpha value is -1.20. The summed E-state index contributed by atoms with van der Waals surface area (Å²) in [5.41, 5.74) is 1.39. The lowest BCUT2D eigenvalue weighted by Crippen LogP contribution is -2.15. The summed E-state index contributed by atoms with van der Waals surface area (Å²) >= 11 is 3.34. The van der Waals surface area contributed by atoms with Gasteiger partial charge >= 0.3 is 0 Å². The smallest absolute Gasteiger partial charge is 0.148 e. The Balaban J connectivity index is 1.80. The minimum absolute atomic E-state index is 0.275. The molecule has 5 heteroatoms. The van der Waals surface area contributed by atoms with Crippen LogP contribution in [0.1, 0.15) is 18.5 Å². The third kappa shape index (κ3) is 2.62. The number of hydrogen-bond acceptors (Lipinski definition) is 2. The van der Waals surface area contributed by atoms with E-state index >= 15 is 0 Å². The van der Waals surface area contributed by atoms with Crippen LogP contribution in [0.2, 0.25) is 0 Å². The number of hydrogen-bond donors (Lipinski definition) is 1. The third-order valence-corrected chi connectivity index (χ3v) is 3.44. The molecule has 1 saturated carbocycles. The molecule has 3 rings (SSSR count). The van der Waals surface area contributed by atoms with Gasteiger partial charge in [-0.15, -0.1) is 0 Å². The van der Waals surface area contributed by atoms with E-state index in [0.717, 1.165) is 16.7 Å². The van der Waals surface area contributed by atoms with Gasteiger partial charge in [0.25, 0.3) is 0 Å². The van der Waals surface area contributed by atoms with Crippen molar-refractivity contribution in [2.45, 2.75) is 25.4 Å². The molecule has 94 valence electrons. The molecule has 1 N–H and O–H groups in total. The van der Waals surface area contributed by atoms with E-state index < -0.39 is 0 Å². The zero-order chi connectivity index (χ0) is 12.5. The topological polar surface area (TPSA) is 29.9 Å². The molecule has 1 aliphatic carbocycles. The first kappa shape index (κ1) is 11.9. The molecule has 1 fully saturated rings. The highest BCUT2D eigenvalue weighted by Crippen LogP contribution is 2.20. The molecule has 0 bridgehead atoms. The van der Waals surface area contributed by atoms with Crippen molar-refractivity contribution in [2.24, 2.45) is 0 Å². The molecule has 0 saturated heterocycles. The van der Waals surface area contributed by atoms with E-state index in [4.69, 9.17) is 0 Å². The standard InChI is InChI=1S/C13H13BrFN3/c14-9-1-4-12(15)13(7-9)18-6-5-11(17-18)8-16-10-2-3-10/h1,4-7,10,16H,2-3,8H2. The number of halogens is 2. The van der Waals surface area contributed by atoms with Crippen LogP contribution in [0.25, 0.3) is 5.69 Å². The molecular formula is C13H13BrFN3. The Bertz CT molecular complexity index is 563. The zero-order valence-corrected chi connectivity index (χ0v) is 11.3. The van der Waals surface area contributed by atoms with Crippen molar-refractivity contribution in [3.63, 3.8) is 0 Å². The Morgan fingerprint density at radius 2 is 2.22 bits per heavy atom. The lowest BCUT2D eigenvalue weighted by molar-refractivity contribution is 0.606. The zero-order valence-electron chi connectivity index (χ0n) is 9.74. The van der Waals surface area contributed by atoms with Gasteiger partial charge in [-0.3, -0.25) is 0 Å². The van der Waals surface area contributed by atoms with Gasteiger partial charge in [-0.25, -0.2) is 9.07 Å². The van der Waals surface area contributed by atoms with E-state index in [1.807, 2.05) is 6.07 Å². The number of rotatable bonds is 4. The summed E-state index contributed by atoms with van der Waals surface area (Å²) in [5.74, 6) is -0.275. The number of benzene rings is 1. The second-order valence-electron chi connectivity index (χ2n) is 4.50. The second kappa shape index (κ2) is 4.82. The molecule has 2 aromatic rings. The van der Waals surface area contributed by atoms with Crippen LogP contribution in [0.4, 0.5) is 4.39 Å². The van der Waals surface area contributed by atoms with Crippen LogP contribution in [0.3, 0.4) is 0 Å². The number of nitrogens with one attached hydrogen (secondary N) is 1. The van der Waals surface area contributed by atoms with Gasteiger partial charge in [-0.1, -0.05) is 15.9 Å². The molecule has 0 radical (unpaired) electrons. The van der Waals surface area contributed by atoms with Crippen molar-refractivity contribution in [3.8, 4) is 5.69 Å². The summed E-state index contributed by atoms with van der Waals surface area (Å²) < 4.78 is 16.1. The highest BCUT2D eigenvalue weighted by Gasteiger charge is 2.20. The lowest BCUT2D eigenvalue weighted by atomic mass is 10.3.